The van der Waals surface area contributed by atoms with Crippen LogP contribution in [0.5, 0.6) is 0 Å². The Hall–Kier alpha value is -0.473. The Morgan fingerprint density at radius 1 is 1.21 bits per heavy atom. The van der Waals surface area contributed by atoms with Crippen molar-refractivity contribution in [1.29, 1.82) is 0 Å². The summed E-state index contributed by atoms with van der Waals surface area (Å²) in [5, 5.41) is 0. The molecule has 1 atom stereocenters. The summed E-state index contributed by atoms with van der Waals surface area (Å²) < 4.78 is 0. The lowest BCUT2D eigenvalue weighted by molar-refractivity contribution is 1.40. The van der Waals surface area contributed by atoms with Gasteiger partial charge in [0.05, 0.1) is 8.07 Å². The van der Waals surface area contributed by atoms with Crippen LogP contribution in [0.2, 0.25) is 19.6 Å². The third-order valence-electron chi connectivity index (χ3n) is 2.07. The fourth-order valence-corrected chi connectivity index (χ4v) is 4.46. The molecule has 1 aromatic rings. The van der Waals surface area contributed by atoms with Gasteiger partial charge in [0.25, 0.3) is 0 Å². The van der Waals surface area contributed by atoms with E-state index < -0.39 is 8.07 Å². The first-order chi connectivity index (χ1) is 6.54. The molecule has 0 aromatic heterocycles. The van der Waals surface area contributed by atoms with Crippen molar-refractivity contribution in [3.63, 3.8) is 0 Å². The maximum atomic E-state index is 3.94. The van der Waals surface area contributed by atoms with Gasteiger partial charge in [-0.2, -0.15) is 0 Å². The van der Waals surface area contributed by atoms with Crippen LogP contribution in [0.25, 0.3) is 0 Å². The van der Waals surface area contributed by atoms with Gasteiger partial charge in [0, 0.05) is 9.77 Å². The van der Waals surface area contributed by atoms with Crippen LogP contribution in [0.1, 0.15) is 0 Å². The minimum absolute atomic E-state index is 0.602. The zero-order valence-corrected chi connectivity index (χ0v) is 11.0. The monoisotopic (exact) mass is 222 g/mol. The molecule has 0 nitrogen and oxygen atoms in total. The fourth-order valence-electron chi connectivity index (χ4n) is 1.22. The summed E-state index contributed by atoms with van der Waals surface area (Å²) in [5.41, 5.74) is 0. The van der Waals surface area contributed by atoms with Gasteiger partial charge in [-0.3, -0.25) is 0 Å². The van der Waals surface area contributed by atoms with Crippen molar-refractivity contribution in [2.45, 2.75) is 29.4 Å². The molecule has 1 aromatic carbocycles. The molecule has 1 unspecified atom stereocenters. The van der Waals surface area contributed by atoms with E-state index in [9.17, 15) is 0 Å². The fraction of sp³-hybridized carbons (Fsp3) is 0.333. The first kappa shape index (κ1) is 11.6. The quantitative estimate of drug-likeness (QED) is 0.418. The predicted molar refractivity (Wildman–Crippen MR) is 69.6 cm³/mol. The molecule has 0 saturated carbocycles. The second kappa shape index (κ2) is 4.85. The smallest absolute Gasteiger partial charge is 0.0639 e. The average molecular weight is 222 g/mol. The first-order valence-electron chi connectivity index (χ1n) is 4.88. The van der Waals surface area contributed by atoms with E-state index in [0.29, 0.717) is 4.87 Å². The highest BCUT2D eigenvalue weighted by Crippen LogP contribution is 2.29. The van der Waals surface area contributed by atoms with Crippen LogP contribution in [-0.2, 0) is 0 Å². The normalized spacial score (nSPS) is 13.6. The van der Waals surface area contributed by atoms with E-state index in [-0.39, 0.29) is 0 Å². The molecule has 0 aliphatic heterocycles. The van der Waals surface area contributed by atoms with Gasteiger partial charge in [-0.05, 0) is 12.1 Å². The number of hydrogen-bond donors (Lipinski definition) is 0. The highest BCUT2D eigenvalue weighted by Gasteiger charge is 2.24. The summed E-state index contributed by atoms with van der Waals surface area (Å²) in [4.78, 5) is 1.95. The molecule has 0 heterocycles. The van der Waals surface area contributed by atoms with Gasteiger partial charge in [-0.15, -0.1) is 18.3 Å². The topological polar surface area (TPSA) is 0 Å². The van der Waals surface area contributed by atoms with Gasteiger partial charge < -0.3 is 0 Å². The molecule has 0 spiro atoms. The van der Waals surface area contributed by atoms with Crippen molar-refractivity contribution < 1.29 is 0 Å². The van der Waals surface area contributed by atoms with Gasteiger partial charge >= 0.3 is 0 Å². The van der Waals surface area contributed by atoms with E-state index in [4.69, 9.17) is 0 Å². The van der Waals surface area contributed by atoms with E-state index in [1.54, 1.807) is 0 Å². The number of benzene rings is 1. The first-order valence-corrected chi connectivity index (χ1v) is 9.34. The largest absolute Gasteiger partial charge is 0.122 e. The molecule has 14 heavy (non-hydrogen) atoms. The van der Waals surface area contributed by atoms with Crippen LogP contribution in [0.15, 0.2) is 47.9 Å². The number of thioether (sulfide) groups is 1. The lowest BCUT2D eigenvalue weighted by Crippen LogP contribution is -2.33. The maximum Gasteiger partial charge on any atom is 0.0639 e. The summed E-state index contributed by atoms with van der Waals surface area (Å²) >= 11 is 1.94. The van der Waals surface area contributed by atoms with Crippen molar-refractivity contribution >= 4 is 19.8 Å². The average Bonchev–Trinajstić information content (AvgIpc) is 2.14. The Morgan fingerprint density at radius 2 is 1.79 bits per heavy atom. The molecule has 0 fully saturated rings. The van der Waals surface area contributed by atoms with Crippen molar-refractivity contribution in [2.75, 3.05) is 0 Å². The van der Waals surface area contributed by atoms with E-state index in [1.807, 2.05) is 11.8 Å². The highest BCUT2D eigenvalue weighted by molar-refractivity contribution is 8.01. The zero-order chi connectivity index (χ0) is 10.6. The van der Waals surface area contributed by atoms with Gasteiger partial charge in [-0.25, -0.2) is 0 Å². The molecular formula is C12H18SSi. The highest BCUT2D eigenvalue weighted by atomic mass is 32.2. The van der Waals surface area contributed by atoms with Crippen molar-refractivity contribution in [3.8, 4) is 0 Å². The van der Waals surface area contributed by atoms with Crippen molar-refractivity contribution in [3.05, 3.63) is 43.0 Å². The molecule has 2 heteroatoms. The summed E-state index contributed by atoms with van der Waals surface area (Å²) in [6.45, 7) is 11.1. The molecule has 0 radical (unpaired) electrons. The van der Waals surface area contributed by atoms with Gasteiger partial charge in [0.15, 0.2) is 0 Å². The predicted octanol–water partition coefficient (Wildman–Crippen LogP) is 4.21. The Labute approximate surface area is 92.4 Å². The summed E-state index contributed by atoms with van der Waals surface area (Å²) in [6.07, 6.45) is 2.10. The molecule has 0 aliphatic rings. The lowest BCUT2D eigenvalue weighted by atomic mass is 10.4. The van der Waals surface area contributed by atoms with Gasteiger partial charge in [-0.1, -0.05) is 43.9 Å². The molecule has 0 bridgehead atoms. The van der Waals surface area contributed by atoms with Gasteiger partial charge in [0.2, 0.25) is 0 Å². The SMILES string of the molecule is C=CC(Sc1ccccc1)[Si](C)(C)C. The van der Waals surface area contributed by atoms with Crippen LogP contribution >= 0.6 is 11.8 Å². The van der Waals surface area contributed by atoms with Gasteiger partial charge in [0.1, 0.15) is 0 Å². The van der Waals surface area contributed by atoms with E-state index in [2.05, 4.69) is 62.6 Å². The minimum Gasteiger partial charge on any atom is -0.122 e. The van der Waals surface area contributed by atoms with Crippen molar-refractivity contribution in [1.82, 2.24) is 0 Å². The number of rotatable bonds is 4. The van der Waals surface area contributed by atoms with Crippen LogP contribution in [0, 0.1) is 0 Å². The van der Waals surface area contributed by atoms with E-state index in [1.165, 1.54) is 4.90 Å². The minimum atomic E-state index is -1.12. The Morgan fingerprint density at radius 3 is 2.21 bits per heavy atom. The molecule has 76 valence electrons. The molecular weight excluding hydrogens is 204 g/mol. The van der Waals surface area contributed by atoms with Crippen LogP contribution in [0.4, 0.5) is 0 Å². The Balaban J connectivity index is 2.72. The van der Waals surface area contributed by atoms with Crippen LogP contribution in [-0.4, -0.2) is 12.9 Å². The molecule has 0 amide bonds. The maximum absolute atomic E-state index is 3.94. The molecule has 0 N–H and O–H groups in total. The standard InChI is InChI=1S/C12H18SSi/c1-5-12(14(2,3)4)13-11-9-7-6-8-10-11/h5-10,12H,1H2,2-4H3. The third-order valence-corrected chi connectivity index (χ3v) is 7.48. The number of hydrogen-bond acceptors (Lipinski definition) is 1. The Bertz CT molecular complexity index is 287. The summed E-state index contributed by atoms with van der Waals surface area (Å²) in [6, 6.07) is 10.6. The molecule has 0 saturated heterocycles. The second-order valence-corrected chi connectivity index (χ2v) is 11.4. The summed E-state index contributed by atoms with van der Waals surface area (Å²) in [7, 11) is -1.12. The van der Waals surface area contributed by atoms with Crippen molar-refractivity contribution in [2.24, 2.45) is 0 Å². The lowest BCUT2D eigenvalue weighted by Gasteiger charge is -2.25. The van der Waals surface area contributed by atoms with Crippen LogP contribution < -0.4 is 0 Å². The van der Waals surface area contributed by atoms with E-state index >= 15 is 0 Å². The molecule has 1 rings (SSSR count). The second-order valence-electron chi connectivity index (χ2n) is 4.45. The summed E-state index contributed by atoms with van der Waals surface area (Å²) in [5.74, 6) is 0. The van der Waals surface area contributed by atoms with E-state index in [0.717, 1.165) is 0 Å². The zero-order valence-electron chi connectivity index (χ0n) is 9.16. The van der Waals surface area contributed by atoms with Crippen LogP contribution in [0.3, 0.4) is 0 Å². The third kappa shape index (κ3) is 3.35. The Kier molecular flexibility index (Phi) is 4.02. The molecule has 0 aliphatic carbocycles.